The van der Waals surface area contributed by atoms with E-state index in [-0.39, 0.29) is 36.6 Å². The molecule has 1 aromatic heterocycles. The Kier molecular flexibility index (Phi) is 10.0. The van der Waals surface area contributed by atoms with Crippen molar-refractivity contribution in [2.75, 3.05) is 51.7 Å². The third-order valence-corrected chi connectivity index (χ3v) is 6.44. The number of amides is 3. The second kappa shape index (κ2) is 13.2. The lowest BCUT2D eigenvalue weighted by Crippen LogP contribution is -2.40. The molecule has 0 unspecified atom stereocenters. The van der Waals surface area contributed by atoms with Gasteiger partial charge in [-0.3, -0.25) is 14.4 Å². The third kappa shape index (κ3) is 8.63. The molecule has 3 amide bonds. The summed E-state index contributed by atoms with van der Waals surface area (Å²) in [6.45, 7) is 8.04. The zero-order valence-corrected chi connectivity index (χ0v) is 21.5. The minimum Gasteiger partial charge on any atom is -0.497 e. The van der Waals surface area contributed by atoms with Crippen molar-refractivity contribution in [3.63, 3.8) is 0 Å². The van der Waals surface area contributed by atoms with Crippen molar-refractivity contribution in [3.05, 3.63) is 40.9 Å². The highest BCUT2D eigenvalue weighted by Gasteiger charge is 2.21. The van der Waals surface area contributed by atoms with Crippen LogP contribution >= 0.6 is 11.3 Å². The van der Waals surface area contributed by atoms with E-state index in [9.17, 15) is 14.4 Å². The third-order valence-electron chi connectivity index (χ3n) is 5.63. The Hall–Kier alpha value is -2.98. The van der Waals surface area contributed by atoms with Crippen LogP contribution in [0.15, 0.2) is 29.6 Å². The van der Waals surface area contributed by atoms with E-state index < -0.39 is 0 Å². The molecule has 0 spiro atoms. The molecule has 3 rings (SSSR count). The van der Waals surface area contributed by atoms with E-state index in [0.29, 0.717) is 35.2 Å². The summed E-state index contributed by atoms with van der Waals surface area (Å²) in [5.41, 5.74) is 1.10. The lowest BCUT2D eigenvalue weighted by Gasteiger charge is -2.24. The van der Waals surface area contributed by atoms with E-state index in [4.69, 9.17) is 4.74 Å². The molecule has 1 fully saturated rings. The standard InChI is InChI=1S/C25H35N5O4S/c1-18(2)15-30(24(33)19-6-8-21(34-3)9-7-19)16-23(32)28-25-27-20(17-35-25)14-22(31)26-10-13-29-11-4-5-12-29/h6-9,17-18H,4-5,10-16H2,1-3H3,(H,26,31)(H,27,28,32). The summed E-state index contributed by atoms with van der Waals surface area (Å²) in [6, 6.07) is 6.83. The Balaban J connectivity index is 1.49. The second-order valence-corrected chi connectivity index (χ2v) is 9.93. The lowest BCUT2D eigenvalue weighted by atomic mass is 10.1. The fourth-order valence-electron chi connectivity index (χ4n) is 3.94. The molecule has 9 nitrogen and oxygen atoms in total. The zero-order chi connectivity index (χ0) is 25.2. The minimum atomic E-state index is -0.330. The number of aromatic nitrogens is 1. The van der Waals surface area contributed by atoms with E-state index in [1.165, 1.54) is 29.1 Å². The summed E-state index contributed by atoms with van der Waals surface area (Å²) < 4.78 is 5.15. The van der Waals surface area contributed by atoms with Crippen molar-refractivity contribution in [1.29, 1.82) is 0 Å². The largest absolute Gasteiger partial charge is 0.497 e. The molecule has 2 N–H and O–H groups in total. The van der Waals surface area contributed by atoms with Crippen molar-refractivity contribution in [2.24, 2.45) is 5.92 Å². The van der Waals surface area contributed by atoms with E-state index >= 15 is 0 Å². The van der Waals surface area contributed by atoms with Gasteiger partial charge in [0.15, 0.2) is 5.13 Å². The van der Waals surface area contributed by atoms with Crippen molar-refractivity contribution in [2.45, 2.75) is 33.1 Å². The van der Waals surface area contributed by atoms with E-state index in [2.05, 4.69) is 20.5 Å². The number of nitrogens with zero attached hydrogens (tertiary/aromatic N) is 3. The van der Waals surface area contributed by atoms with Gasteiger partial charge in [0.2, 0.25) is 11.8 Å². The summed E-state index contributed by atoms with van der Waals surface area (Å²) in [6.07, 6.45) is 2.63. The molecule has 0 atom stereocenters. The molecular formula is C25H35N5O4S. The molecule has 2 heterocycles. The van der Waals surface area contributed by atoms with Gasteiger partial charge in [-0.2, -0.15) is 0 Å². The first kappa shape index (κ1) is 26.6. The normalized spacial score (nSPS) is 13.6. The first-order valence-electron chi connectivity index (χ1n) is 12.0. The van der Waals surface area contributed by atoms with Gasteiger partial charge in [-0.1, -0.05) is 13.8 Å². The van der Waals surface area contributed by atoms with Crippen molar-refractivity contribution in [1.82, 2.24) is 20.1 Å². The minimum absolute atomic E-state index is 0.0828. The average Bonchev–Trinajstić information content (AvgIpc) is 3.50. The number of ether oxygens (including phenoxy) is 1. The molecule has 0 saturated carbocycles. The van der Waals surface area contributed by atoms with Crippen LogP contribution in [0.2, 0.25) is 0 Å². The highest BCUT2D eigenvalue weighted by molar-refractivity contribution is 7.13. The number of carbonyl (C=O) groups excluding carboxylic acids is 3. The lowest BCUT2D eigenvalue weighted by molar-refractivity contribution is -0.120. The van der Waals surface area contributed by atoms with Gasteiger partial charge in [-0.05, 0) is 56.1 Å². The summed E-state index contributed by atoms with van der Waals surface area (Å²) in [5, 5.41) is 7.87. The molecule has 190 valence electrons. The number of hydrogen-bond donors (Lipinski definition) is 2. The molecule has 1 aliphatic heterocycles. The van der Waals surface area contributed by atoms with Crippen LogP contribution in [-0.2, 0) is 16.0 Å². The van der Waals surface area contributed by atoms with Gasteiger partial charge in [0.25, 0.3) is 5.91 Å². The molecule has 1 saturated heterocycles. The zero-order valence-electron chi connectivity index (χ0n) is 20.7. The molecular weight excluding hydrogens is 466 g/mol. The Morgan fingerprint density at radius 2 is 1.86 bits per heavy atom. The van der Waals surface area contributed by atoms with Gasteiger partial charge in [0.1, 0.15) is 12.3 Å². The molecule has 0 aliphatic carbocycles. The molecule has 0 radical (unpaired) electrons. The van der Waals surface area contributed by atoms with Crippen LogP contribution in [0.5, 0.6) is 5.75 Å². The van der Waals surface area contributed by atoms with Crippen LogP contribution in [0, 0.1) is 5.92 Å². The Bertz CT molecular complexity index is 986. The predicted octanol–water partition coefficient (Wildman–Crippen LogP) is 2.64. The first-order chi connectivity index (χ1) is 16.8. The van der Waals surface area contributed by atoms with Crippen molar-refractivity contribution in [3.8, 4) is 5.75 Å². The highest BCUT2D eigenvalue weighted by atomic mass is 32.1. The smallest absolute Gasteiger partial charge is 0.254 e. The Labute approximate surface area is 210 Å². The number of nitrogens with one attached hydrogen (secondary N) is 2. The SMILES string of the molecule is COc1ccc(C(=O)N(CC(=O)Nc2nc(CC(=O)NCCN3CCCC3)cs2)CC(C)C)cc1. The summed E-state index contributed by atoms with van der Waals surface area (Å²) >= 11 is 1.27. The number of benzene rings is 1. The van der Waals surface area contributed by atoms with Gasteiger partial charge in [-0.15, -0.1) is 11.3 Å². The number of methoxy groups -OCH3 is 1. The second-order valence-electron chi connectivity index (χ2n) is 9.08. The monoisotopic (exact) mass is 501 g/mol. The van der Waals surface area contributed by atoms with Crippen LogP contribution in [0.3, 0.4) is 0 Å². The topological polar surface area (TPSA) is 104 Å². The Morgan fingerprint density at radius 3 is 2.51 bits per heavy atom. The fourth-order valence-corrected chi connectivity index (χ4v) is 4.67. The number of thiazole rings is 1. The molecule has 1 aromatic carbocycles. The van der Waals surface area contributed by atoms with Gasteiger partial charge in [-0.25, -0.2) is 4.98 Å². The average molecular weight is 502 g/mol. The first-order valence-corrected chi connectivity index (χ1v) is 12.9. The summed E-state index contributed by atoms with van der Waals surface area (Å²) in [4.78, 5) is 46.2. The summed E-state index contributed by atoms with van der Waals surface area (Å²) in [5.74, 6) is 0.223. The van der Waals surface area contributed by atoms with Gasteiger partial charge >= 0.3 is 0 Å². The van der Waals surface area contributed by atoms with E-state index in [0.717, 1.165) is 19.6 Å². The van der Waals surface area contributed by atoms with Crippen molar-refractivity contribution < 1.29 is 19.1 Å². The van der Waals surface area contributed by atoms with Crippen LogP contribution < -0.4 is 15.4 Å². The molecule has 2 aromatic rings. The highest BCUT2D eigenvalue weighted by Crippen LogP contribution is 2.17. The number of carbonyl (C=O) groups is 3. The number of likely N-dealkylation sites (tertiary alicyclic amines) is 1. The number of anilines is 1. The maximum atomic E-state index is 13.0. The van der Waals surface area contributed by atoms with Crippen LogP contribution in [0.1, 0.15) is 42.7 Å². The van der Waals surface area contributed by atoms with Crippen molar-refractivity contribution >= 4 is 34.2 Å². The van der Waals surface area contributed by atoms with E-state index in [1.807, 2.05) is 13.8 Å². The van der Waals surface area contributed by atoms with Gasteiger partial charge < -0.3 is 25.2 Å². The summed E-state index contributed by atoms with van der Waals surface area (Å²) in [7, 11) is 1.57. The van der Waals surface area contributed by atoms with Crippen LogP contribution in [0.25, 0.3) is 0 Å². The fraction of sp³-hybridized carbons (Fsp3) is 0.520. The van der Waals surface area contributed by atoms with E-state index in [1.54, 1.807) is 36.8 Å². The maximum absolute atomic E-state index is 13.0. The number of rotatable bonds is 12. The maximum Gasteiger partial charge on any atom is 0.254 e. The van der Waals surface area contributed by atoms with Crippen LogP contribution in [0.4, 0.5) is 5.13 Å². The number of hydrogen-bond acceptors (Lipinski definition) is 7. The molecule has 1 aliphatic rings. The molecule has 10 heteroatoms. The van der Waals surface area contributed by atoms with Gasteiger partial charge in [0.05, 0.1) is 19.2 Å². The van der Waals surface area contributed by atoms with Crippen LogP contribution in [-0.4, -0.2) is 78.9 Å². The van der Waals surface area contributed by atoms with Gasteiger partial charge in [0, 0.05) is 30.6 Å². The Morgan fingerprint density at radius 1 is 1.14 bits per heavy atom. The molecule has 35 heavy (non-hydrogen) atoms. The quantitative estimate of drug-likeness (QED) is 0.463. The predicted molar refractivity (Wildman–Crippen MR) is 137 cm³/mol. The molecule has 0 bridgehead atoms.